The van der Waals surface area contributed by atoms with Crippen molar-refractivity contribution in [3.8, 4) is 0 Å². The molecule has 1 aromatic carbocycles. The number of carboxylic acid groups (broad SMARTS) is 1. The lowest BCUT2D eigenvalue weighted by Gasteiger charge is -2.34. The molecule has 0 heterocycles. The molecule has 0 bridgehead atoms. The number of benzene rings is 1. The molecule has 2 nitrogen and oxygen atoms in total. The highest BCUT2D eigenvalue weighted by atomic mass is 16.4. The third kappa shape index (κ3) is 2.99. The number of carboxylic acids is 1. The predicted octanol–water partition coefficient (Wildman–Crippen LogP) is 4.60. The van der Waals surface area contributed by atoms with Gasteiger partial charge in [0.1, 0.15) is 0 Å². The molecule has 0 amide bonds. The Kier molecular flexibility index (Phi) is 3.86. The highest BCUT2D eigenvalue weighted by Gasteiger charge is 2.30. The van der Waals surface area contributed by atoms with Gasteiger partial charge in [-0.2, -0.15) is 0 Å². The van der Waals surface area contributed by atoms with Crippen LogP contribution >= 0.6 is 0 Å². The molecule has 0 saturated carbocycles. The van der Waals surface area contributed by atoms with E-state index in [0.717, 1.165) is 11.1 Å². The average molecular weight is 262 g/mol. The van der Waals surface area contributed by atoms with Crippen molar-refractivity contribution < 1.29 is 9.90 Å². The number of hydrogen-bond donors (Lipinski definition) is 1. The smallest absolute Gasteiger partial charge is 0.335 e. The second-order valence-corrected chi connectivity index (χ2v) is 7.42. The van der Waals surface area contributed by atoms with Gasteiger partial charge in [0.2, 0.25) is 0 Å². The Morgan fingerprint density at radius 2 is 1.37 bits per heavy atom. The molecular formula is C17H26O2. The molecule has 0 aliphatic heterocycles. The SMILES string of the molecule is Cc1cc(C(=O)O)c(C)c(C(C)(C)C)c1C(C)(C)C. The maximum Gasteiger partial charge on any atom is 0.335 e. The van der Waals surface area contributed by atoms with Gasteiger partial charge in [0, 0.05) is 0 Å². The zero-order valence-corrected chi connectivity index (χ0v) is 13.4. The predicted molar refractivity (Wildman–Crippen MR) is 80.3 cm³/mol. The van der Waals surface area contributed by atoms with Crippen molar-refractivity contribution in [1.82, 2.24) is 0 Å². The Bertz CT molecular complexity index is 512. The van der Waals surface area contributed by atoms with Gasteiger partial charge in [-0.25, -0.2) is 4.79 Å². The fourth-order valence-electron chi connectivity index (χ4n) is 3.04. The molecule has 0 saturated heterocycles. The van der Waals surface area contributed by atoms with Crippen LogP contribution in [0.3, 0.4) is 0 Å². The summed E-state index contributed by atoms with van der Waals surface area (Å²) in [6.07, 6.45) is 0. The van der Waals surface area contributed by atoms with Crippen LogP contribution in [-0.2, 0) is 10.8 Å². The molecule has 0 aliphatic rings. The highest BCUT2D eigenvalue weighted by molar-refractivity contribution is 5.90. The average Bonchev–Trinajstić information content (AvgIpc) is 2.16. The molecule has 0 unspecified atom stereocenters. The quantitative estimate of drug-likeness (QED) is 0.803. The maximum atomic E-state index is 11.4. The van der Waals surface area contributed by atoms with Gasteiger partial charge in [-0.1, -0.05) is 41.5 Å². The molecule has 2 heteroatoms. The summed E-state index contributed by atoms with van der Waals surface area (Å²) in [5.41, 5.74) is 4.79. The van der Waals surface area contributed by atoms with Crippen LogP contribution in [-0.4, -0.2) is 11.1 Å². The summed E-state index contributed by atoms with van der Waals surface area (Å²) in [7, 11) is 0. The Labute approximate surface area is 116 Å². The van der Waals surface area contributed by atoms with Gasteiger partial charge in [0.15, 0.2) is 0 Å². The van der Waals surface area contributed by atoms with Crippen molar-refractivity contribution in [2.24, 2.45) is 0 Å². The fourth-order valence-corrected chi connectivity index (χ4v) is 3.04. The fraction of sp³-hybridized carbons (Fsp3) is 0.588. The van der Waals surface area contributed by atoms with E-state index in [0.29, 0.717) is 5.56 Å². The van der Waals surface area contributed by atoms with Gasteiger partial charge in [-0.05, 0) is 53.0 Å². The first kappa shape index (κ1) is 15.7. The molecule has 0 aromatic heterocycles. The Morgan fingerprint density at radius 1 is 0.947 bits per heavy atom. The monoisotopic (exact) mass is 262 g/mol. The van der Waals surface area contributed by atoms with Crippen molar-refractivity contribution in [2.45, 2.75) is 66.2 Å². The van der Waals surface area contributed by atoms with Crippen molar-refractivity contribution in [3.63, 3.8) is 0 Å². The minimum atomic E-state index is -0.841. The summed E-state index contributed by atoms with van der Waals surface area (Å²) >= 11 is 0. The van der Waals surface area contributed by atoms with E-state index in [2.05, 4.69) is 41.5 Å². The van der Waals surface area contributed by atoms with E-state index in [1.54, 1.807) is 0 Å². The second kappa shape index (κ2) is 4.66. The lowest BCUT2D eigenvalue weighted by molar-refractivity contribution is 0.0695. The van der Waals surface area contributed by atoms with Gasteiger partial charge >= 0.3 is 5.97 Å². The largest absolute Gasteiger partial charge is 0.478 e. The van der Waals surface area contributed by atoms with Gasteiger partial charge in [-0.3, -0.25) is 0 Å². The summed E-state index contributed by atoms with van der Waals surface area (Å²) in [6.45, 7) is 16.9. The molecule has 0 atom stereocenters. The zero-order valence-electron chi connectivity index (χ0n) is 13.4. The Balaban J connectivity index is 3.86. The summed E-state index contributed by atoms with van der Waals surface area (Å²) in [6, 6.07) is 1.81. The Hall–Kier alpha value is -1.31. The van der Waals surface area contributed by atoms with E-state index in [9.17, 15) is 9.90 Å². The van der Waals surface area contributed by atoms with E-state index in [1.807, 2.05) is 19.9 Å². The molecule has 19 heavy (non-hydrogen) atoms. The number of rotatable bonds is 1. The molecule has 0 fully saturated rings. The van der Waals surface area contributed by atoms with E-state index >= 15 is 0 Å². The normalized spacial score (nSPS) is 12.6. The number of carbonyl (C=O) groups is 1. The molecule has 0 aliphatic carbocycles. The van der Waals surface area contributed by atoms with Crippen LogP contribution in [0.5, 0.6) is 0 Å². The van der Waals surface area contributed by atoms with Gasteiger partial charge in [-0.15, -0.1) is 0 Å². The van der Waals surface area contributed by atoms with Crippen molar-refractivity contribution in [3.05, 3.63) is 33.9 Å². The summed E-state index contributed by atoms with van der Waals surface area (Å²) < 4.78 is 0. The van der Waals surface area contributed by atoms with Crippen LogP contribution in [0.2, 0.25) is 0 Å². The van der Waals surface area contributed by atoms with Crippen LogP contribution in [0, 0.1) is 13.8 Å². The zero-order chi connectivity index (χ0) is 15.2. The molecule has 1 aromatic rings. The number of hydrogen-bond acceptors (Lipinski definition) is 1. The van der Waals surface area contributed by atoms with Crippen LogP contribution < -0.4 is 0 Å². The lowest BCUT2D eigenvalue weighted by Crippen LogP contribution is -2.26. The molecule has 1 rings (SSSR count). The Morgan fingerprint density at radius 3 is 1.68 bits per heavy atom. The first-order valence-corrected chi connectivity index (χ1v) is 6.76. The van der Waals surface area contributed by atoms with Gasteiger partial charge in [0.05, 0.1) is 5.56 Å². The standard InChI is InChI=1S/C17H26O2/c1-10-9-12(15(18)19)11(2)14(17(6,7)8)13(10)16(3,4)5/h9H,1-8H3,(H,18,19). The van der Waals surface area contributed by atoms with Crippen LogP contribution in [0.4, 0.5) is 0 Å². The molecular weight excluding hydrogens is 236 g/mol. The first-order valence-electron chi connectivity index (χ1n) is 6.76. The van der Waals surface area contributed by atoms with E-state index in [1.165, 1.54) is 11.1 Å². The van der Waals surface area contributed by atoms with E-state index in [4.69, 9.17) is 0 Å². The van der Waals surface area contributed by atoms with Crippen molar-refractivity contribution in [1.29, 1.82) is 0 Å². The summed E-state index contributed by atoms with van der Waals surface area (Å²) in [5.74, 6) is -0.841. The molecule has 0 spiro atoms. The highest BCUT2D eigenvalue weighted by Crippen LogP contribution is 2.39. The third-order valence-electron chi connectivity index (χ3n) is 3.51. The van der Waals surface area contributed by atoms with E-state index < -0.39 is 5.97 Å². The summed E-state index contributed by atoms with van der Waals surface area (Å²) in [5, 5.41) is 9.37. The molecule has 0 radical (unpaired) electrons. The van der Waals surface area contributed by atoms with E-state index in [-0.39, 0.29) is 10.8 Å². The molecule has 106 valence electrons. The maximum absolute atomic E-state index is 11.4. The number of aromatic carboxylic acids is 1. The summed E-state index contributed by atoms with van der Waals surface area (Å²) in [4.78, 5) is 11.4. The number of aryl methyl sites for hydroxylation is 1. The van der Waals surface area contributed by atoms with Crippen LogP contribution in [0.1, 0.15) is 74.2 Å². The van der Waals surface area contributed by atoms with Gasteiger partial charge < -0.3 is 5.11 Å². The first-order chi connectivity index (χ1) is 8.37. The van der Waals surface area contributed by atoms with Crippen LogP contribution in [0.15, 0.2) is 6.07 Å². The minimum absolute atomic E-state index is 0.00842. The topological polar surface area (TPSA) is 37.3 Å². The third-order valence-corrected chi connectivity index (χ3v) is 3.51. The minimum Gasteiger partial charge on any atom is -0.478 e. The van der Waals surface area contributed by atoms with Gasteiger partial charge in [0.25, 0.3) is 0 Å². The van der Waals surface area contributed by atoms with Crippen LogP contribution in [0.25, 0.3) is 0 Å². The van der Waals surface area contributed by atoms with Crippen molar-refractivity contribution >= 4 is 5.97 Å². The second-order valence-electron chi connectivity index (χ2n) is 7.42. The lowest BCUT2D eigenvalue weighted by atomic mass is 9.70. The molecule has 1 N–H and O–H groups in total. The van der Waals surface area contributed by atoms with Crippen molar-refractivity contribution in [2.75, 3.05) is 0 Å².